The number of ether oxygens (including phenoxy) is 5. The van der Waals surface area contributed by atoms with Crippen molar-refractivity contribution in [3.63, 3.8) is 0 Å². The van der Waals surface area contributed by atoms with E-state index in [0.29, 0.717) is 5.56 Å². The van der Waals surface area contributed by atoms with E-state index >= 15 is 0 Å². The number of aliphatic hydroxyl groups is 5. The summed E-state index contributed by atoms with van der Waals surface area (Å²) in [6, 6.07) is 8.47. The van der Waals surface area contributed by atoms with E-state index in [1.54, 1.807) is 37.3 Å². The fourth-order valence-corrected chi connectivity index (χ4v) is 6.87. The summed E-state index contributed by atoms with van der Waals surface area (Å²) in [5.41, 5.74) is -2.99. The van der Waals surface area contributed by atoms with Crippen LogP contribution in [-0.4, -0.2) is 98.7 Å². The minimum absolute atomic E-state index is 0.0902. The molecular formula is C23H28O11. The lowest BCUT2D eigenvalue weighted by Gasteiger charge is -2.67. The Morgan fingerprint density at radius 1 is 1.12 bits per heavy atom. The summed E-state index contributed by atoms with van der Waals surface area (Å²) in [4.78, 5) is 12.7. The van der Waals surface area contributed by atoms with E-state index in [1.807, 2.05) is 0 Å². The molecule has 6 bridgehead atoms. The maximum absolute atomic E-state index is 12.7. The molecule has 5 N–H and O–H groups in total. The molecule has 34 heavy (non-hydrogen) atoms. The smallest absolute Gasteiger partial charge is 0.338 e. The van der Waals surface area contributed by atoms with Gasteiger partial charge in [0.25, 0.3) is 0 Å². The van der Waals surface area contributed by atoms with Crippen LogP contribution in [0.4, 0.5) is 0 Å². The van der Waals surface area contributed by atoms with Crippen LogP contribution in [0.5, 0.6) is 0 Å². The third kappa shape index (κ3) is 2.59. The molecule has 4 saturated heterocycles. The van der Waals surface area contributed by atoms with Gasteiger partial charge in [0.05, 0.1) is 17.6 Å². The first-order valence-corrected chi connectivity index (χ1v) is 11.4. The van der Waals surface area contributed by atoms with Crippen molar-refractivity contribution in [3.05, 3.63) is 35.9 Å². The van der Waals surface area contributed by atoms with Gasteiger partial charge in [-0.3, -0.25) is 0 Å². The lowest BCUT2D eigenvalue weighted by atomic mass is 9.41. The molecule has 0 amide bonds. The molecule has 1 aromatic rings. The third-order valence-corrected chi connectivity index (χ3v) is 8.57. The van der Waals surface area contributed by atoms with E-state index in [0.717, 1.165) is 0 Å². The summed E-state index contributed by atoms with van der Waals surface area (Å²) >= 11 is 0. The number of hydrogen-bond acceptors (Lipinski definition) is 11. The zero-order valence-corrected chi connectivity index (χ0v) is 18.4. The molecule has 7 aliphatic rings. The van der Waals surface area contributed by atoms with Gasteiger partial charge in [0.15, 0.2) is 18.4 Å². The lowest BCUT2D eigenvalue weighted by Crippen LogP contribution is -2.80. The predicted octanol–water partition coefficient (Wildman–Crippen LogP) is -1.36. The van der Waals surface area contributed by atoms with Gasteiger partial charge in [-0.2, -0.15) is 0 Å². The van der Waals surface area contributed by atoms with Crippen molar-refractivity contribution in [3.8, 4) is 0 Å². The Bertz CT molecular complexity index is 988. The number of benzene rings is 1. The molecule has 4 heterocycles. The Balaban J connectivity index is 1.32. The van der Waals surface area contributed by atoms with Crippen LogP contribution in [0.1, 0.15) is 30.1 Å². The Morgan fingerprint density at radius 3 is 2.56 bits per heavy atom. The highest BCUT2D eigenvalue weighted by Crippen LogP contribution is 2.81. The van der Waals surface area contributed by atoms with Gasteiger partial charge in [0, 0.05) is 12.3 Å². The molecule has 8 rings (SSSR count). The Kier molecular flexibility index (Phi) is 4.81. The van der Waals surface area contributed by atoms with Crippen LogP contribution in [0.25, 0.3) is 0 Å². The van der Waals surface area contributed by atoms with Gasteiger partial charge in [0.1, 0.15) is 42.2 Å². The Labute approximate surface area is 194 Å². The van der Waals surface area contributed by atoms with Gasteiger partial charge in [-0.15, -0.1) is 0 Å². The molecule has 0 aromatic heterocycles. The second kappa shape index (κ2) is 7.19. The predicted molar refractivity (Wildman–Crippen MR) is 109 cm³/mol. The summed E-state index contributed by atoms with van der Waals surface area (Å²) in [6.07, 6.45) is -7.87. The topological polar surface area (TPSA) is 164 Å². The number of carbonyl (C=O) groups is 1. The second-order valence-electron chi connectivity index (χ2n) is 10.2. The van der Waals surface area contributed by atoms with Crippen molar-refractivity contribution in [2.45, 2.75) is 73.8 Å². The first-order valence-electron chi connectivity index (χ1n) is 11.4. The van der Waals surface area contributed by atoms with E-state index in [1.165, 1.54) is 0 Å². The average Bonchev–Trinajstić information content (AvgIpc) is 3.00. The van der Waals surface area contributed by atoms with E-state index in [9.17, 15) is 30.3 Å². The van der Waals surface area contributed by atoms with Gasteiger partial charge in [-0.1, -0.05) is 18.2 Å². The minimum atomic E-state index is -1.61. The normalized spacial score (nSPS) is 52.5. The monoisotopic (exact) mass is 480 g/mol. The molecule has 1 aromatic carbocycles. The molecule has 11 heteroatoms. The van der Waals surface area contributed by atoms with Crippen LogP contribution in [-0.2, 0) is 23.7 Å². The van der Waals surface area contributed by atoms with Crippen LogP contribution in [0.15, 0.2) is 30.3 Å². The van der Waals surface area contributed by atoms with Crippen molar-refractivity contribution < 1.29 is 54.0 Å². The highest BCUT2D eigenvalue weighted by Gasteiger charge is 2.94. The van der Waals surface area contributed by atoms with Crippen molar-refractivity contribution in [1.82, 2.24) is 0 Å². The molecule has 4 aliphatic heterocycles. The van der Waals surface area contributed by atoms with Gasteiger partial charge in [-0.05, 0) is 25.5 Å². The third-order valence-electron chi connectivity index (χ3n) is 8.57. The fourth-order valence-electron chi connectivity index (χ4n) is 6.87. The number of rotatable bonds is 6. The molecule has 7 fully saturated rings. The Morgan fingerprint density at radius 2 is 1.85 bits per heavy atom. The summed E-state index contributed by atoms with van der Waals surface area (Å²) in [5, 5.41) is 51.7. The number of hydrogen-bond donors (Lipinski definition) is 5. The maximum Gasteiger partial charge on any atom is 0.338 e. The minimum Gasteiger partial charge on any atom is -0.461 e. The zero-order valence-electron chi connectivity index (χ0n) is 18.4. The van der Waals surface area contributed by atoms with Gasteiger partial charge in [-0.25, -0.2) is 4.79 Å². The van der Waals surface area contributed by atoms with Crippen molar-refractivity contribution in [1.29, 1.82) is 0 Å². The quantitative estimate of drug-likeness (QED) is 0.306. The maximum atomic E-state index is 12.7. The Hall–Kier alpha value is -1.67. The molecule has 3 saturated carbocycles. The molecular weight excluding hydrogens is 452 g/mol. The van der Waals surface area contributed by atoms with Crippen LogP contribution >= 0.6 is 0 Å². The lowest BCUT2D eigenvalue weighted by molar-refractivity contribution is -0.424. The van der Waals surface area contributed by atoms with Gasteiger partial charge < -0.3 is 49.2 Å². The largest absolute Gasteiger partial charge is 0.461 e. The molecule has 3 aliphatic carbocycles. The van der Waals surface area contributed by atoms with E-state index < -0.39 is 77.9 Å². The summed E-state index contributed by atoms with van der Waals surface area (Å²) in [7, 11) is 0. The highest BCUT2D eigenvalue weighted by atomic mass is 16.8. The number of esters is 1. The summed E-state index contributed by atoms with van der Waals surface area (Å²) in [5.74, 6) is -2.49. The molecule has 11 atom stereocenters. The second-order valence-corrected chi connectivity index (χ2v) is 10.2. The zero-order chi connectivity index (χ0) is 24.1. The van der Waals surface area contributed by atoms with Crippen LogP contribution in [0.3, 0.4) is 0 Å². The standard InChI is InChI=1S/C23H28O11/c1-20-9-22(29)13-7-23(20,32-18-16(27)15(26)14(25)12(8-24)31-18)21(13,19(33-20)34-22)10-30-17(28)11-5-3-2-4-6-11/h2-6,12-16,18-19,24-27,29H,7-10H2,1H3/t12-,13+,14-,15+,16-,18-,19+,20+,21-,22-,23+/m0/s1. The molecule has 0 radical (unpaired) electrons. The first kappa shape index (κ1) is 22.8. The molecule has 0 unspecified atom stereocenters. The van der Waals surface area contributed by atoms with Crippen LogP contribution in [0, 0.1) is 11.3 Å². The van der Waals surface area contributed by atoms with E-state index in [-0.39, 0.29) is 19.4 Å². The van der Waals surface area contributed by atoms with E-state index in [4.69, 9.17) is 23.7 Å². The van der Waals surface area contributed by atoms with Crippen molar-refractivity contribution in [2.24, 2.45) is 11.3 Å². The summed E-state index contributed by atoms with van der Waals surface area (Å²) in [6.45, 7) is 0.985. The highest BCUT2D eigenvalue weighted by molar-refractivity contribution is 5.89. The van der Waals surface area contributed by atoms with Crippen molar-refractivity contribution in [2.75, 3.05) is 13.2 Å². The van der Waals surface area contributed by atoms with Crippen molar-refractivity contribution >= 4 is 5.97 Å². The molecule has 11 nitrogen and oxygen atoms in total. The average molecular weight is 480 g/mol. The summed E-state index contributed by atoms with van der Waals surface area (Å²) < 4.78 is 29.7. The first-order chi connectivity index (χ1) is 16.1. The van der Waals surface area contributed by atoms with Crippen LogP contribution < -0.4 is 0 Å². The van der Waals surface area contributed by atoms with Gasteiger partial charge in [0.2, 0.25) is 0 Å². The number of carbonyl (C=O) groups excluding carboxylic acids is 1. The van der Waals surface area contributed by atoms with Gasteiger partial charge >= 0.3 is 5.97 Å². The van der Waals surface area contributed by atoms with Crippen LogP contribution in [0.2, 0.25) is 0 Å². The SMILES string of the molecule is C[C@]12C[C@]3(O)O[C@@H](O1)[C@]1(COC(=O)c4ccccc4)[C@H]3C[C@]12O[C@@H]1O[C@@H](CO)[C@H](O)[C@@H](O)[C@@H]1O. The fraction of sp³-hybridized carbons (Fsp3) is 0.696. The number of aliphatic hydroxyl groups excluding tert-OH is 4. The molecule has 0 spiro atoms. The van der Waals surface area contributed by atoms with E-state index in [2.05, 4.69) is 0 Å². The molecule has 186 valence electrons.